The van der Waals surface area contributed by atoms with Gasteiger partial charge in [-0.05, 0) is 6.42 Å². The van der Waals surface area contributed by atoms with Gasteiger partial charge in [-0.2, -0.15) is 0 Å². The van der Waals surface area contributed by atoms with Gasteiger partial charge in [0.15, 0.2) is 5.79 Å². The van der Waals surface area contributed by atoms with Crippen molar-refractivity contribution in [3.63, 3.8) is 0 Å². The van der Waals surface area contributed by atoms with Gasteiger partial charge in [-0.15, -0.1) is 0 Å². The Morgan fingerprint density at radius 3 is 2.00 bits per heavy atom. The Kier molecular flexibility index (Phi) is 7.23. The first-order chi connectivity index (χ1) is 6.12. The molecule has 0 aromatic heterocycles. The second-order valence-corrected chi connectivity index (χ2v) is 3.66. The smallest absolute Gasteiger partial charge is 0.186 e. The zero-order chi connectivity index (χ0) is 10.2. The molecule has 3 N–H and O–H groups in total. The maximum atomic E-state index is 9.03. The summed E-state index contributed by atoms with van der Waals surface area (Å²) in [5, 5.41) is 26.6. The fourth-order valence-electron chi connectivity index (χ4n) is 1.27. The van der Waals surface area contributed by atoms with Gasteiger partial charge in [-0.25, -0.2) is 0 Å². The fourth-order valence-corrected chi connectivity index (χ4v) is 1.27. The maximum Gasteiger partial charge on any atom is 0.186 e. The van der Waals surface area contributed by atoms with Crippen LogP contribution in [0.1, 0.15) is 51.9 Å². The van der Waals surface area contributed by atoms with E-state index in [-0.39, 0.29) is 6.42 Å². The average molecular weight is 190 g/mol. The lowest BCUT2D eigenvalue weighted by atomic mass is 10.1. The second kappa shape index (κ2) is 7.30. The van der Waals surface area contributed by atoms with Gasteiger partial charge in [0.25, 0.3) is 0 Å². The largest absolute Gasteiger partial charge is 0.391 e. The summed E-state index contributed by atoms with van der Waals surface area (Å²) in [4.78, 5) is 0. The summed E-state index contributed by atoms with van der Waals surface area (Å²) >= 11 is 0. The Balaban J connectivity index is 3.16. The molecule has 0 aliphatic rings. The van der Waals surface area contributed by atoms with Crippen molar-refractivity contribution in [2.75, 3.05) is 6.61 Å². The van der Waals surface area contributed by atoms with E-state index in [0.29, 0.717) is 0 Å². The summed E-state index contributed by atoms with van der Waals surface area (Å²) < 4.78 is 0. The van der Waals surface area contributed by atoms with Crippen LogP contribution in [0.2, 0.25) is 0 Å². The lowest BCUT2D eigenvalue weighted by molar-refractivity contribution is -0.191. The predicted molar refractivity (Wildman–Crippen MR) is 52.2 cm³/mol. The Morgan fingerprint density at radius 1 is 0.923 bits per heavy atom. The normalized spacial score (nSPS) is 12.0. The van der Waals surface area contributed by atoms with E-state index >= 15 is 0 Å². The number of rotatable bonds is 8. The van der Waals surface area contributed by atoms with E-state index in [9.17, 15) is 0 Å². The van der Waals surface area contributed by atoms with Crippen LogP contribution in [0, 0.1) is 0 Å². The Hall–Kier alpha value is -0.120. The highest BCUT2D eigenvalue weighted by atomic mass is 16.5. The highest BCUT2D eigenvalue weighted by Gasteiger charge is 2.20. The van der Waals surface area contributed by atoms with Gasteiger partial charge in [0.1, 0.15) is 0 Å². The van der Waals surface area contributed by atoms with Crippen LogP contribution < -0.4 is 0 Å². The number of unbranched alkanes of at least 4 members (excludes halogenated alkanes) is 5. The van der Waals surface area contributed by atoms with Gasteiger partial charge in [0.2, 0.25) is 0 Å². The quantitative estimate of drug-likeness (QED) is 0.400. The molecule has 0 unspecified atom stereocenters. The fraction of sp³-hybridized carbons (Fsp3) is 1.00. The van der Waals surface area contributed by atoms with Crippen LogP contribution in [0.5, 0.6) is 0 Å². The molecule has 80 valence electrons. The van der Waals surface area contributed by atoms with E-state index in [4.69, 9.17) is 15.3 Å². The van der Waals surface area contributed by atoms with E-state index in [1.54, 1.807) is 0 Å². The summed E-state index contributed by atoms with van der Waals surface area (Å²) in [5.41, 5.74) is 0. The minimum Gasteiger partial charge on any atom is -0.391 e. The minimum absolute atomic E-state index is 0.273. The van der Waals surface area contributed by atoms with Crippen molar-refractivity contribution in [3.8, 4) is 0 Å². The summed E-state index contributed by atoms with van der Waals surface area (Å²) in [5.74, 6) is -1.86. The molecule has 0 rings (SSSR count). The molecule has 0 saturated heterocycles. The van der Waals surface area contributed by atoms with Gasteiger partial charge in [0.05, 0.1) is 6.61 Å². The lowest BCUT2D eigenvalue weighted by Crippen LogP contribution is -2.32. The van der Waals surface area contributed by atoms with Crippen LogP contribution in [-0.2, 0) is 0 Å². The highest BCUT2D eigenvalue weighted by molar-refractivity contribution is 4.61. The van der Waals surface area contributed by atoms with Crippen LogP contribution >= 0.6 is 0 Å². The van der Waals surface area contributed by atoms with Gasteiger partial charge < -0.3 is 15.3 Å². The number of hydrogen-bond acceptors (Lipinski definition) is 3. The molecule has 0 amide bonds. The zero-order valence-electron chi connectivity index (χ0n) is 8.50. The van der Waals surface area contributed by atoms with E-state index in [0.717, 1.165) is 19.3 Å². The van der Waals surface area contributed by atoms with Crippen molar-refractivity contribution in [3.05, 3.63) is 0 Å². The summed E-state index contributed by atoms with van der Waals surface area (Å²) in [6.45, 7) is 1.60. The molecule has 0 aromatic rings. The lowest BCUT2D eigenvalue weighted by Gasteiger charge is -2.18. The Bertz CT molecular complexity index is 113. The van der Waals surface area contributed by atoms with Crippen molar-refractivity contribution in [2.24, 2.45) is 0 Å². The van der Waals surface area contributed by atoms with Gasteiger partial charge in [-0.3, -0.25) is 0 Å². The third-order valence-corrected chi connectivity index (χ3v) is 2.18. The SMILES string of the molecule is CCCCCCCCC(O)(O)CO. The Labute approximate surface area is 80.4 Å². The minimum atomic E-state index is -1.86. The van der Waals surface area contributed by atoms with Crippen LogP contribution in [-0.4, -0.2) is 27.7 Å². The first kappa shape index (κ1) is 12.9. The van der Waals surface area contributed by atoms with Gasteiger partial charge >= 0.3 is 0 Å². The molecule has 0 radical (unpaired) electrons. The molecule has 0 aromatic carbocycles. The number of hydrogen-bond donors (Lipinski definition) is 3. The number of aliphatic hydroxyl groups is 3. The molecule has 0 fully saturated rings. The van der Waals surface area contributed by atoms with Crippen LogP contribution in [0.4, 0.5) is 0 Å². The van der Waals surface area contributed by atoms with Crippen molar-refractivity contribution in [2.45, 2.75) is 57.7 Å². The molecular weight excluding hydrogens is 168 g/mol. The molecule has 0 aliphatic heterocycles. The molecular formula is C10H22O3. The molecule has 0 atom stereocenters. The van der Waals surface area contributed by atoms with Crippen molar-refractivity contribution < 1.29 is 15.3 Å². The summed E-state index contributed by atoms with van der Waals surface area (Å²) in [6, 6.07) is 0. The van der Waals surface area contributed by atoms with Crippen molar-refractivity contribution in [1.82, 2.24) is 0 Å². The molecule has 0 saturated carbocycles. The molecule has 3 heteroatoms. The third-order valence-electron chi connectivity index (χ3n) is 2.18. The highest BCUT2D eigenvalue weighted by Crippen LogP contribution is 2.13. The van der Waals surface area contributed by atoms with Crippen LogP contribution in [0.15, 0.2) is 0 Å². The number of aliphatic hydroxyl groups excluding tert-OH is 1. The first-order valence-electron chi connectivity index (χ1n) is 5.18. The van der Waals surface area contributed by atoms with E-state index < -0.39 is 12.4 Å². The first-order valence-corrected chi connectivity index (χ1v) is 5.18. The predicted octanol–water partition coefficient (Wildman–Crippen LogP) is 1.41. The van der Waals surface area contributed by atoms with Gasteiger partial charge in [0, 0.05) is 6.42 Å². The van der Waals surface area contributed by atoms with Crippen molar-refractivity contribution in [1.29, 1.82) is 0 Å². The van der Waals surface area contributed by atoms with Crippen LogP contribution in [0.3, 0.4) is 0 Å². The molecule has 0 heterocycles. The molecule has 13 heavy (non-hydrogen) atoms. The van der Waals surface area contributed by atoms with Gasteiger partial charge in [-0.1, -0.05) is 39.0 Å². The van der Waals surface area contributed by atoms with E-state index in [1.807, 2.05) is 0 Å². The monoisotopic (exact) mass is 190 g/mol. The Morgan fingerprint density at radius 2 is 1.46 bits per heavy atom. The molecule has 3 nitrogen and oxygen atoms in total. The van der Waals surface area contributed by atoms with Crippen molar-refractivity contribution >= 4 is 0 Å². The zero-order valence-corrected chi connectivity index (χ0v) is 8.50. The second-order valence-electron chi connectivity index (χ2n) is 3.66. The standard InChI is InChI=1S/C10H22O3/c1-2-3-4-5-6-7-8-10(12,13)9-11/h11-13H,2-9H2,1H3. The topological polar surface area (TPSA) is 60.7 Å². The van der Waals surface area contributed by atoms with E-state index in [1.165, 1.54) is 19.3 Å². The third kappa shape index (κ3) is 8.22. The van der Waals surface area contributed by atoms with Crippen LogP contribution in [0.25, 0.3) is 0 Å². The maximum absolute atomic E-state index is 9.03. The van der Waals surface area contributed by atoms with E-state index in [2.05, 4.69) is 6.92 Å². The summed E-state index contributed by atoms with van der Waals surface area (Å²) in [7, 11) is 0. The molecule has 0 aliphatic carbocycles. The summed E-state index contributed by atoms with van der Waals surface area (Å²) in [6.07, 6.45) is 6.91. The molecule has 0 bridgehead atoms. The molecule has 0 spiro atoms. The average Bonchev–Trinajstić information content (AvgIpc) is 2.11.